The zero-order chi connectivity index (χ0) is 17.9. The van der Waals surface area contributed by atoms with Gasteiger partial charge in [0, 0.05) is 5.92 Å². The monoisotopic (exact) mass is 366 g/mol. The van der Waals surface area contributed by atoms with E-state index in [1.54, 1.807) is 0 Å². The quantitative estimate of drug-likeness (QED) is 0.755. The molecule has 25 heavy (non-hydrogen) atoms. The number of thioether (sulfide) groups is 1. The van der Waals surface area contributed by atoms with E-state index in [4.69, 9.17) is 4.74 Å². The molecule has 1 spiro atoms. The van der Waals surface area contributed by atoms with E-state index < -0.39 is 0 Å². The maximum Gasteiger partial charge on any atom is 0.293 e. The predicted octanol–water partition coefficient (Wildman–Crippen LogP) is 4.27. The number of rotatable bonds is 4. The van der Waals surface area contributed by atoms with Crippen molar-refractivity contribution in [3.8, 4) is 0 Å². The van der Waals surface area contributed by atoms with Crippen LogP contribution in [0.1, 0.15) is 65.2 Å². The highest BCUT2D eigenvalue weighted by Crippen LogP contribution is 2.71. The van der Waals surface area contributed by atoms with E-state index in [9.17, 15) is 9.90 Å². The molecule has 3 nitrogen and oxygen atoms in total. The highest BCUT2D eigenvalue weighted by atomic mass is 32.2. The van der Waals surface area contributed by atoms with Gasteiger partial charge in [-0.25, -0.2) is 0 Å². The van der Waals surface area contributed by atoms with E-state index in [0.717, 1.165) is 31.4 Å². The van der Waals surface area contributed by atoms with Crippen LogP contribution in [0, 0.1) is 34.5 Å². The molecular weight excluding hydrogens is 332 g/mol. The molecule has 142 valence electrons. The Labute approximate surface area is 156 Å². The van der Waals surface area contributed by atoms with E-state index in [1.807, 2.05) is 11.8 Å². The van der Waals surface area contributed by atoms with Crippen molar-refractivity contribution >= 4 is 18.2 Å². The van der Waals surface area contributed by atoms with Gasteiger partial charge < -0.3 is 9.84 Å². The fraction of sp³-hybridized carbons (Fsp3) is 0.952. The van der Waals surface area contributed by atoms with Gasteiger partial charge in [-0.1, -0.05) is 6.92 Å². The van der Waals surface area contributed by atoms with Crippen LogP contribution in [0.15, 0.2) is 0 Å². The molecule has 0 heterocycles. The maximum absolute atomic E-state index is 11.4. The molecule has 0 amide bonds. The van der Waals surface area contributed by atoms with E-state index in [1.165, 1.54) is 25.7 Å². The van der Waals surface area contributed by atoms with E-state index in [-0.39, 0.29) is 22.5 Å². The highest BCUT2D eigenvalue weighted by molar-refractivity contribution is 7.98. The summed E-state index contributed by atoms with van der Waals surface area (Å²) < 4.78 is 5.70. The summed E-state index contributed by atoms with van der Waals surface area (Å²) in [4.78, 5) is 11.2. The van der Waals surface area contributed by atoms with Crippen LogP contribution in [-0.2, 0) is 9.53 Å². The summed E-state index contributed by atoms with van der Waals surface area (Å²) in [7, 11) is 0. The van der Waals surface area contributed by atoms with Crippen LogP contribution in [0.5, 0.6) is 0 Å². The Kier molecular flexibility index (Phi) is 4.47. The van der Waals surface area contributed by atoms with Crippen LogP contribution in [-0.4, -0.2) is 35.3 Å². The molecule has 2 bridgehead atoms. The first kappa shape index (κ1) is 18.2. The summed E-state index contributed by atoms with van der Waals surface area (Å²) in [6.45, 7) is 5.30. The van der Waals surface area contributed by atoms with Crippen molar-refractivity contribution < 1.29 is 14.6 Å². The molecule has 5 saturated carbocycles. The van der Waals surface area contributed by atoms with Crippen molar-refractivity contribution in [2.45, 2.75) is 76.9 Å². The van der Waals surface area contributed by atoms with Crippen LogP contribution >= 0.6 is 11.8 Å². The molecule has 4 heteroatoms. The lowest BCUT2D eigenvalue weighted by Gasteiger charge is -2.69. The van der Waals surface area contributed by atoms with Gasteiger partial charge in [-0.05, 0) is 98.9 Å². The summed E-state index contributed by atoms with van der Waals surface area (Å²) in [5.74, 6) is 3.32. The van der Waals surface area contributed by atoms with Gasteiger partial charge in [0.1, 0.15) is 5.60 Å². The fourth-order valence-electron chi connectivity index (χ4n) is 8.09. The molecule has 5 fully saturated rings. The minimum absolute atomic E-state index is 0.125. The molecule has 0 unspecified atom stereocenters. The molecule has 5 rings (SSSR count). The fourth-order valence-corrected chi connectivity index (χ4v) is 8.93. The summed E-state index contributed by atoms with van der Waals surface area (Å²) in [5.41, 5.74) is 0.0226. The second kappa shape index (κ2) is 6.15. The normalized spacial score (nSPS) is 54.5. The van der Waals surface area contributed by atoms with Crippen molar-refractivity contribution in [3.05, 3.63) is 0 Å². The third kappa shape index (κ3) is 2.38. The first-order valence-corrected chi connectivity index (χ1v) is 11.6. The van der Waals surface area contributed by atoms with Gasteiger partial charge in [0.15, 0.2) is 0 Å². The molecule has 1 N–H and O–H groups in total. The topological polar surface area (TPSA) is 46.5 Å². The van der Waals surface area contributed by atoms with Crippen LogP contribution in [0.2, 0.25) is 0 Å². The zero-order valence-electron chi connectivity index (χ0n) is 16.0. The molecule has 0 aromatic rings. The van der Waals surface area contributed by atoms with Crippen molar-refractivity contribution in [3.63, 3.8) is 0 Å². The Bertz CT molecular complexity index is 539. The lowest BCUT2D eigenvalue weighted by Crippen LogP contribution is -2.67. The molecule has 0 aromatic carbocycles. The van der Waals surface area contributed by atoms with Gasteiger partial charge in [-0.2, -0.15) is 11.8 Å². The Morgan fingerprint density at radius 3 is 2.64 bits per heavy atom. The number of aliphatic hydroxyl groups is 1. The Morgan fingerprint density at radius 1 is 1.16 bits per heavy atom. The third-order valence-electron chi connectivity index (χ3n) is 9.11. The molecule has 0 saturated heterocycles. The zero-order valence-corrected chi connectivity index (χ0v) is 16.8. The largest absolute Gasteiger partial charge is 0.461 e. The second-order valence-electron chi connectivity index (χ2n) is 9.86. The number of carbonyl (C=O) groups is 1. The molecule has 0 radical (unpaired) electrons. The Balaban J connectivity index is 1.69. The minimum atomic E-state index is -0.309. The van der Waals surface area contributed by atoms with Crippen molar-refractivity contribution in [1.82, 2.24) is 0 Å². The standard InChI is InChI=1S/C21H34O3S/c1-19-7-4-8-20(2,24-13-22)16(19)6-10-21-9-5-14(11-17(19)21)15(12-25-3)18(21)23/h13-18,23H,4-12H2,1-3H3/t14-,15-,16-,17-,18+,19+,20+,21-/m0/s1. The highest BCUT2D eigenvalue weighted by Gasteiger charge is 2.67. The summed E-state index contributed by atoms with van der Waals surface area (Å²) in [6.07, 6.45) is 11.4. The summed E-state index contributed by atoms with van der Waals surface area (Å²) >= 11 is 1.90. The lowest BCUT2D eigenvalue weighted by molar-refractivity contribution is -0.252. The van der Waals surface area contributed by atoms with Crippen molar-refractivity contribution in [2.75, 3.05) is 12.0 Å². The number of fused-ring (bicyclic) bond motifs is 3. The first-order valence-electron chi connectivity index (χ1n) is 10.2. The first-order chi connectivity index (χ1) is 11.9. The number of carbonyl (C=O) groups excluding carboxylic acids is 1. The van der Waals surface area contributed by atoms with Crippen LogP contribution in [0.25, 0.3) is 0 Å². The van der Waals surface area contributed by atoms with Gasteiger partial charge in [0.05, 0.1) is 6.10 Å². The number of ether oxygens (including phenoxy) is 1. The van der Waals surface area contributed by atoms with Crippen LogP contribution in [0.3, 0.4) is 0 Å². The third-order valence-corrected chi connectivity index (χ3v) is 9.82. The molecule has 5 aliphatic rings. The summed E-state index contributed by atoms with van der Waals surface area (Å²) in [6, 6.07) is 0. The predicted molar refractivity (Wildman–Crippen MR) is 101 cm³/mol. The number of aliphatic hydroxyl groups excluding tert-OH is 1. The maximum atomic E-state index is 11.4. The van der Waals surface area contributed by atoms with Gasteiger partial charge in [0.25, 0.3) is 6.47 Å². The second-order valence-corrected chi connectivity index (χ2v) is 10.8. The molecule has 0 aromatic heterocycles. The van der Waals surface area contributed by atoms with Gasteiger partial charge in [-0.3, -0.25) is 4.79 Å². The SMILES string of the molecule is CSC[C@H]1[C@H]2CC[C@@]3(CC[C@H]4[C@@](C)(CCC[C@@]4(C)OC=O)[C@@H]3C2)[C@@H]1O. The van der Waals surface area contributed by atoms with Gasteiger partial charge in [0.2, 0.25) is 0 Å². The Morgan fingerprint density at radius 2 is 1.92 bits per heavy atom. The van der Waals surface area contributed by atoms with E-state index in [0.29, 0.717) is 30.1 Å². The van der Waals surface area contributed by atoms with Crippen LogP contribution in [0.4, 0.5) is 0 Å². The molecule has 0 aliphatic heterocycles. The average Bonchev–Trinajstić information content (AvgIpc) is 2.58. The smallest absolute Gasteiger partial charge is 0.293 e. The molecule has 8 atom stereocenters. The minimum Gasteiger partial charge on any atom is -0.461 e. The van der Waals surface area contributed by atoms with Gasteiger partial charge >= 0.3 is 0 Å². The van der Waals surface area contributed by atoms with Crippen LogP contribution < -0.4 is 0 Å². The van der Waals surface area contributed by atoms with Gasteiger partial charge in [-0.15, -0.1) is 0 Å². The van der Waals surface area contributed by atoms with Crippen molar-refractivity contribution in [1.29, 1.82) is 0 Å². The van der Waals surface area contributed by atoms with E-state index in [2.05, 4.69) is 20.1 Å². The van der Waals surface area contributed by atoms with E-state index >= 15 is 0 Å². The molecule has 5 aliphatic carbocycles. The van der Waals surface area contributed by atoms with Crippen molar-refractivity contribution in [2.24, 2.45) is 34.5 Å². The Hall–Kier alpha value is -0.220. The lowest BCUT2D eigenvalue weighted by atomic mass is 9.36. The number of hydrogen-bond donors (Lipinski definition) is 1. The number of hydrogen-bond acceptors (Lipinski definition) is 4. The summed E-state index contributed by atoms with van der Waals surface area (Å²) in [5, 5.41) is 11.4. The average molecular weight is 367 g/mol. The molecular formula is C21H34O3S.